The van der Waals surface area contributed by atoms with Crippen LogP contribution in [0, 0.1) is 0 Å². The van der Waals surface area contributed by atoms with E-state index in [-0.39, 0.29) is 11.4 Å². The van der Waals surface area contributed by atoms with Crippen LogP contribution in [0.1, 0.15) is 10.4 Å². The number of carbonyl (C=O) groups is 1. The Morgan fingerprint density at radius 2 is 2.08 bits per heavy atom. The standard InChI is InChI=1S/C16H11F2N3O3/c17-16(18)24-14-5-4-11(9-19-14)15(22)20-12-3-1-2-10(8-12)13-6-7-23-21-13/h1-9,16H,(H,20,22). The van der Waals surface area contributed by atoms with Gasteiger partial charge in [0.15, 0.2) is 0 Å². The number of anilines is 1. The summed E-state index contributed by atoms with van der Waals surface area (Å²) in [6.45, 7) is -2.96. The Bertz CT molecular complexity index is 821. The van der Waals surface area contributed by atoms with Crippen LogP contribution in [0.15, 0.2) is 59.4 Å². The van der Waals surface area contributed by atoms with Gasteiger partial charge in [0.2, 0.25) is 5.88 Å². The summed E-state index contributed by atoms with van der Waals surface area (Å²) in [5, 5.41) is 6.52. The summed E-state index contributed by atoms with van der Waals surface area (Å²) in [7, 11) is 0. The molecule has 6 nitrogen and oxygen atoms in total. The number of rotatable bonds is 5. The topological polar surface area (TPSA) is 77.2 Å². The lowest BCUT2D eigenvalue weighted by atomic mass is 10.1. The van der Waals surface area contributed by atoms with Gasteiger partial charge in [0.25, 0.3) is 5.91 Å². The molecule has 0 radical (unpaired) electrons. The third kappa shape index (κ3) is 3.72. The van der Waals surface area contributed by atoms with E-state index in [2.05, 4.69) is 20.2 Å². The number of halogens is 2. The Morgan fingerprint density at radius 3 is 2.75 bits per heavy atom. The molecule has 0 bridgehead atoms. The van der Waals surface area contributed by atoms with Gasteiger partial charge in [-0.25, -0.2) is 4.98 Å². The molecule has 0 aliphatic rings. The number of aromatic nitrogens is 2. The van der Waals surface area contributed by atoms with E-state index in [1.54, 1.807) is 24.3 Å². The Labute approximate surface area is 135 Å². The van der Waals surface area contributed by atoms with E-state index in [9.17, 15) is 13.6 Å². The van der Waals surface area contributed by atoms with Crippen molar-refractivity contribution in [1.82, 2.24) is 10.1 Å². The van der Waals surface area contributed by atoms with Crippen molar-refractivity contribution in [3.63, 3.8) is 0 Å². The lowest BCUT2D eigenvalue weighted by molar-refractivity contribution is -0.0528. The summed E-state index contributed by atoms with van der Waals surface area (Å²) < 4.78 is 33.1. The van der Waals surface area contributed by atoms with E-state index in [0.717, 1.165) is 11.8 Å². The molecule has 24 heavy (non-hydrogen) atoms. The minimum Gasteiger partial charge on any atom is -0.417 e. The summed E-state index contributed by atoms with van der Waals surface area (Å²) in [5.74, 6) is -0.682. The zero-order chi connectivity index (χ0) is 16.9. The van der Waals surface area contributed by atoms with E-state index >= 15 is 0 Å². The van der Waals surface area contributed by atoms with Crippen LogP contribution in [-0.2, 0) is 0 Å². The molecule has 0 aliphatic carbocycles. The van der Waals surface area contributed by atoms with Crippen LogP contribution < -0.4 is 10.1 Å². The second-order valence-corrected chi connectivity index (χ2v) is 4.68. The lowest BCUT2D eigenvalue weighted by Gasteiger charge is -2.07. The number of amides is 1. The van der Waals surface area contributed by atoms with Crippen LogP contribution in [0.25, 0.3) is 11.3 Å². The first-order valence-electron chi connectivity index (χ1n) is 6.85. The van der Waals surface area contributed by atoms with Crippen molar-refractivity contribution in [3.8, 4) is 17.1 Å². The Morgan fingerprint density at radius 1 is 1.21 bits per heavy atom. The van der Waals surface area contributed by atoms with E-state index in [1.807, 2.05) is 6.07 Å². The minimum atomic E-state index is -2.96. The second-order valence-electron chi connectivity index (χ2n) is 4.68. The number of benzene rings is 1. The van der Waals surface area contributed by atoms with Gasteiger partial charge >= 0.3 is 6.61 Å². The highest BCUT2D eigenvalue weighted by molar-refractivity contribution is 6.04. The van der Waals surface area contributed by atoms with Crippen molar-refractivity contribution in [2.75, 3.05) is 5.32 Å². The fourth-order valence-electron chi connectivity index (χ4n) is 2.00. The molecule has 1 aromatic carbocycles. The summed E-state index contributed by atoms with van der Waals surface area (Å²) >= 11 is 0. The maximum absolute atomic E-state index is 12.2. The molecule has 3 aromatic rings. The maximum Gasteiger partial charge on any atom is 0.388 e. The van der Waals surface area contributed by atoms with Gasteiger partial charge in [-0.3, -0.25) is 4.79 Å². The van der Waals surface area contributed by atoms with Crippen LogP contribution in [0.5, 0.6) is 5.88 Å². The first kappa shape index (κ1) is 15.6. The molecule has 0 unspecified atom stereocenters. The van der Waals surface area contributed by atoms with Gasteiger partial charge in [-0.2, -0.15) is 8.78 Å². The van der Waals surface area contributed by atoms with Gasteiger partial charge in [0.1, 0.15) is 12.0 Å². The monoisotopic (exact) mass is 331 g/mol. The Kier molecular flexibility index (Phi) is 4.46. The van der Waals surface area contributed by atoms with Gasteiger partial charge in [-0.15, -0.1) is 0 Å². The second kappa shape index (κ2) is 6.86. The molecule has 1 amide bonds. The molecule has 0 saturated heterocycles. The molecule has 2 heterocycles. The van der Waals surface area contributed by atoms with Crippen LogP contribution in [-0.4, -0.2) is 22.7 Å². The number of hydrogen-bond donors (Lipinski definition) is 1. The van der Waals surface area contributed by atoms with Gasteiger partial charge in [0.05, 0.1) is 5.56 Å². The summed E-state index contributed by atoms with van der Waals surface area (Å²) in [5.41, 5.74) is 2.18. The largest absolute Gasteiger partial charge is 0.417 e. The number of ether oxygens (including phenoxy) is 1. The molecular formula is C16H11F2N3O3. The van der Waals surface area contributed by atoms with E-state index < -0.39 is 12.5 Å². The molecule has 1 N–H and O–H groups in total. The van der Waals surface area contributed by atoms with Gasteiger partial charge in [-0.05, 0) is 18.2 Å². The quantitative estimate of drug-likeness (QED) is 0.773. The predicted octanol–water partition coefficient (Wildman–Crippen LogP) is 3.59. The van der Waals surface area contributed by atoms with E-state index in [4.69, 9.17) is 4.52 Å². The predicted molar refractivity (Wildman–Crippen MR) is 80.8 cm³/mol. The van der Waals surface area contributed by atoms with Crippen LogP contribution in [0.4, 0.5) is 14.5 Å². The van der Waals surface area contributed by atoms with Crippen LogP contribution >= 0.6 is 0 Å². The maximum atomic E-state index is 12.2. The summed E-state index contributed by atoms with van der Waals surface area (Å²) in [6, 6.07) is 11.3. The van der Waals surface area contributed by atoms with Gasteiger partial charge in [-0.1, -0.05) is 17.3 Å². The Balaban J connectivity index is 1.72. The minimum absolute atomic E-state index is 0.212. The third-order valence-corrected chi connectivity index (χ3v) is 3.06. The molecule has 0 fully saturated rings. The highest BCUT2D eigenvalue weighted by atomic mass is 19.3. The number of carbonyl (C=O) groups excluding carboxylic acids is 1. The Hall–Kier alpha value is -3.29. The fraction of sp³-hybridized carbons (Fsp3) is 0.0625. The van der Waals surface area contributed by atoms with E-state index in [0.29, 0.717) is 11.4 Å². The molecule has 2 aromatic heterocycles. The smallest absolute Gasteiger partial charge is 0.388 e. The summed E-state index contributed by atoms with van der Waals surface area (Å²) in [6.07, 6.45) is 2.61. The molecule has 0 atom stereocenters. The SMILES string of the molecule is O=C(Nc1cccc(-c2ccon2)c1)c1ccc(OC(F)F)nc1. The van der Waals surface area contributed by atoms with E-state index in [1.165, 1.54) is 18.4 Å². The number of nitrogens with one attached hydrogen (secondary N) is 1. The zero-order valence-corrected chi connectivity index (χ0v) is 12.1. The normalized spacial score (nSPS) is 10.6. The average molecular weight is 331 g/mol. The number of pyridine rings is 1. The van der Waals surface area contributed by atoms with Gasteiger partial charge in [0, 0.05) is 29.6 Å². The zero-order valence-electron chi connectivity index (χ0n) is 12.1. The van der Waals surface area contributed by atoms with Crippen molar-refractivity contribution in [1.29, 1.82) is 0 Å². The first-order valence-corrected chi connectivity index (χ1v) is 6.85. The lowest BCUT2D eigenvalue weighted by Crippen LogP contribution is -2.12. The van der Waals surface area contributed by atoms with Crippen LogP contribution in [0.3, 0.4) is 0 Å². The molecule has 0 spiro atoms. The molecular weight excluding hydrogens is 320 g/mol. The first-order chi connectivity index (χ1) is 11.6. The molecule has 122 valence electrons. The van der Waals surface area contributed by atoms with Crippen molar-refractivity contribution in [3.05, 3.63) is 60.5 Å². The van der Waals surface area contributed by atoms with Crippen molar-refractivity contribution < 1.29 is 22.8 Å². The number of alkyl halides is 2. The molecule has 3 rings (SSSR count). The number of hydrogen-bond acceptors (Lipinski definition) is 5. The highest BCUT2D eigenvalue weighted by Crippen LogP contribution is 2.21. The van der Waals surface area contributed by atoms with Crippen molar-refractivity contribution in [2.45, 2.75) is 6.61 Å². The number of nitrogens with zero attached hydrogens (tertiary/aromatic N) is 2. The molecule has 0 aliphatic heterocycles. The van der Waals surface area contributed by atoms with Crippen molar-refractivity contribution >= 4 is 11.6 Å². The van der Waals surface area contributed by atoms with Gasteiger partial charge < -0.3 is 14.6 Å². The van der Waals surface area contributed by atoms with Crippen LogP contribution in [0.2, 0.25) is 0 Å². The fourth-order valence-corrected chi connectivity index (χ4v) is 2.00. The van der Waals surface area contributed by atoms with Crippen molar-refractivity contribution in [2.24, 2.45) is 0 Å². The highest BCUT2D eigenvalue weighted by Gasteiger charge is 2.10. The molecule has 8 heteroatoms. The average Bonchev–Trinajstić information content (AvgIpc) is 3.10. The third-order valence-electron chi connectivity index (χ3n) is 3.06. The summed E-state index contributed by atoms with van der Waals surface area (Å²) in [4.78, 5) is 15.8. The molecule has 0 saturated carbocycles.